The third kappa shape index (κ3) is 11.0. The van der Waals surface area contributed by atoms with Crippen molar-refractivity contribution in [1.82, 2.24) is 0 Å². The van der Waals surface area contributed by atoms with E-state index in [9.17, 15) is 18.0 Å². The standard InChI is InChI=1S/C41H42O9S/c1-3-41(29-47-30-41)28-46-26-4-5-27-48-34-14-10-33(11-15-34)13-25-40(43)50-36-18-22-38(23-19-36)51(44,45)37-20-16-35(17-21-37)49-39(42)24-12-32-8-6-31(2)7-9-32/h6-25H,3-5,26-30H2,1-2H3/b24-12+,25-13+. The van der Waals surface area contributed by atoms with Crippen molar-refractivity contribution in [3.05, 3.63) is 126 Å². The highest BCUT2D eigenvalue weighted by molar-refractivity contribution is 7.91. The maximum absolute atomic E-state index is 13.2. The summed E-state index contributed by atoms with van der Waals surface area (Å²) in [5.74, 6) is -0.0518. The van der Waals surface area contributed by atoms with E-state index in [0.717, 1.165) is 61.5 Å². The Labute approximate surface area is 299 Å². The van der Waals surface area contributed by atoms with Crippen LogP contribution in [0.3, 0.4) is 0 Å². The lowest BCUT2D eigenvalue weighted by Crippen LogP contribution is -2.45. The molecule has 4 aromatic carbocycles. The molecular formula is C41H42O9S. The van der Waals surface area contributed by atoms with Crippen LogP contribution < -0.4 is 14.2 Å². The van der Waals surface area contributed by atoms with Crippen LogP contribution in [-0.4, -0.2) is 53.4 Å². The van der Waals surface area contributed by atoms with Crippen molar-refractivity contribution in [3.8, 4) is 17.2 Å². The zero-order chi connectivity index (χ0) is 36.1. The summed E-state index contributed by atoms with van der Waals surface area (Å²) < 4.78 is 54.0. The first-order valence-electron chi connectivity index (χ1n) is 16.8. The molecule has 51 heavy (non-hydrogen) atoms. The summed E-state index contributed by atoms with van der Waals surface area (Å²) in [7, 11) is -3.87. The Morgan fingerprint density at radius 3 is 1.63 bits per heavy atom. The molecule has 0 spiro atoms. The van der Waals surface area contributed by atoms with Gasteiger partial charge in [0.2, 0.25) is 9.84 Å². The molecule has 5 rings (SSSR count). The first kappa shape index (κ1) is 37.2. The minimum absolute atomic E-state index is 0.0173. The predicted molar refractivity (Wildman–Crippen MR) is 194 cm³/mol. The second-order valence-corrected chi connectivity index (χ2v) is 14.3. The summed E-state index contributed by atoms with van der Waals surface area (Å²) in [6, 6.07) is 26.1. The van der Waals surface area contributed by atoms with Crippen LogP contribution in [0.15, 0.2) is 119 Å². The SMILES string of the molecule is CCC1(COCCCCOc2ccc(/C=C/C(=O)Oc3ccc(S(=O)(=O)c4ccc(OC(=O)/C=C/c5ccc(C)cc5)cc4)cc3)cc2)COC1. The smallest absolute Gasteiger partial charge is 0.336 e. The van der Waals surface area contributed by atoms with Gasteiger partial charge in [0.15, 0.2) is 0 Å². The quantitative estimate of drug-likeness (QED) is 0.0471. The van der Waals surface area contributed by atoms with Gasteiger partial charge in [0.05, 0.1) is 36.2 Å². The van der Waals surface area contributed by atoms with Crippen LogP contribution in [0.25, 0.3) is 12.2 Å². The van der Waals surface area contributed by atoms with Crippen LogP contribution in [0.5, 0.6) is 17.2 Å². The number of rotatable bonds is 17. The second-order valence-electron chi connectivity index (χ2n) is 12.4. The number of hydrogen-bond acceptors (Lipinski definition) is 9. The van der Waals surface area contributed by atoms with Gasteiger partial charge in [0.25, 0.3) is 0 Å². The van der Waals surface area contributed by atoms with Crippen molar-refractivity contribution < 1.29 is 41.7 Å². The maximum atomic E-state index is 13.2. The molecule has 1 fully saturated rings. The van der Waals surface area contributed by atoms with Gasteiger partial charge in [-0.1, -0.05) is 48.9 Å². The molecule has 0 aromatic heterocycles. The average Bonchev–Trinajstić information content (AvgIpc) is 3.12. The van der Waals surface area contributed by atoms with E-state index >= 15 is 0 Å². The molecule has 0 amide bonds. The Hall–Kier alpha value is -5.03. The Morgan fingerprint density at radius 2 is 1.16 bits per heavy atom. The molecule has 0 N–H and O–H groups in total. The van der Waals surface area contributed by atoms with Gasteiger partial charge in [0.1, 0.15) is 17.2 Å². The molecule has 4 aromatic rings. The first-order valence-corrected chi connectivity index (χ1v) is 18.3. The molecular weight excluding hydrogens is 669 g/mol. The fraction of sp³-hybridized carbons (Fsp3) is 0.268. The molecule has 10 heteroatoms. The summed E-state index contributed by atoms with van der Waals surface area (Å²) in [6.45, 7) is 7.77. The monoisotopic (exact) mass is 710 g/mol. The van der Waals surface area contributed by atoms with E-state index in [-0.39, 0.29) is 26.7 Å². The highest BCUT2D eigenvalue weighted by Gasteiger charge is 2.36. The van der Waals surface area contributed by atoms with E-state index < -0.39 is 21.8 Å². The first-order chi connectivity index (χ1) is 24.6. The van der Waals surface area contributed by atoms with E-state index in [0.29, 0.717) is 13.2 Å². The number of hydrogen-bond donors (Lipinski definition) is 0. The normalized spacial score (nSPS) is 13.9. The van der Waals surface area contributed by atoms with Gasteiger partial charge < -0.3 is 23.7 Å². The third-order valence-corrected chi connectivity index (χ3v) is 10.2. The maximum Gasteiger partial charge on any atom is 0.336 e. The number of carbonyl (C=O) groups excluding carboxylic acids is 2. The van der Waals surface area contributed by atoms with Crippen LogP contribution >= 0.6 is 0 Å². The summed E-state index contributed by atoms with van der Waals surface area (Å²) in [6.07, 6.45) is 8.75. The van der Waals surface area contributed by atoms with E-state index in [1.54, 1.807) is 12.2 Å². The summed E-state index contributed by atoms with van der Waals surface area (Å²) in [5.41, 5.74) is 2.97. The molecule has 1 heterocycles. The van der Waals surface area contributed by atoms with Crippen molar-refractivity contribution in [2.24, 2.45) is 5.41 Å². The van der Waals surface area contributed by atoms with Gasteiger partial charge in [-0.25, -0.2) is 18.0 Å². The molecule has 0 atom stereocenters. The molecule has 266 valence electrons. The lowest BCUT2D eigenvalue weighted by molar-refractivity contribution is -0.150. The van der Waals surface area contributed by atoms with Crippen LogP contribution in [0.2, 0.25) is 0 Å². The molecule has 0 aliphatic carbocycles. The number of unbranched alkanes of at least 4 members (excludes halogenated alkanes) is 1. The summed E-state index contributed by atoms with van der Waals surface area (Å²) >= 11 is 0. The number of benzene rings is 4. The zero-order valence-corrected chi connectivity index (χ0v) is 29.6. The van der Waals surface area contributed by atoms with Crippen molar-refractivity contribution in [2.75, 3.05) is 33.0 Å². The average molecular weight is 711 g/mol. The molecule has 1 aliphatic heterocycles. The molecule has 0 unspecified atom stereocenters. The number of esters is 2. The van der Waals surface area contributed by atoms with E-state index in [1.807, 2.05) is 55.5 Å². The van der Waals surface area contributed by atoms with Crippen molar-refractivity contribution in [2.45, 2.75) is 42.9 Å². The molecule has 9 nitrogen and oxygen atoms in total. The fourth-order valence-corrected chi connectivity index (χ4v) is 6.32. The Balaban J connectivity index is 1.03. The highest BCUT2D eigenvalue weighted by atomic mass is 32.2. The summed E-state index contributed by atoms with van der Waals surface area (Å²) in [5, 5.41) is 0. The third-order valence-electron chi connectivity index (χ3n) is 8.41. The Morgan fingerprint density at radius 1 is 0.686 bits per heavy atom. The Bertz CT molecular complexity index is 1900. The van der Waals surface area contributed by atoms with E-state index in [1.165, 1.54) is 60.7 Å². The van der Waals surface area contributed by atoms with Gasteiger partial charge >= 0.3 is 11.9 Å². The van der Waals surface area contributed by atoms with Crippen molar-refractivity contribution >= 4 is 33.9 Å². The van der Waals surface area contributed by atoms with Gasteiger partial charge in [-0.05, 0) is 110 Å². The topological polar surface area (TPSA) is 114 Å². The summed E-state index contributed by atoms with van der Waals surface area (Å²) in [4.78, 5) is 24.7. The number of aryl methyl sites for hydroxylation is 1. The van der Waals surface area contributed by atoms with Gasteiger partial charge in [-0.15, -0.1) is 0 Å². The lowest BCUT2D eigenvalue weighted by Gasteiger charge is -2.40. The minimum atomic E-state index is -3.87. The predicted octanol–water partition coefficient (Wildman–Crippen LogP) is 7.67. The molecule has 1 saturated heterocycles. The zero-order valence-electron chi connectivity index (χ0n) is 28.8. The molecule has 1 aliphatic rings. The fourth-order valence-electron chi connectivity index (χ4n) is 5.06. The van der Waals surface area contributed by atoms with Crippen LogP contribution in [0.4, 0.5) is 0 Å². The van der Waals surface area contributed by atoms with Crippen molar-refractivity contribution in [3.63, 3.8) is 0 Å². The van der Waals surface area contributed by atoms with Gasteiger partial charge in [-0.3, -0.25) is 0 Å². The van der Waals surface area contributed by atoms with Gasteiger partial charge in [-0.2, -0.15) is 0 Å². The van der Waals surface area contributed by atoms with E-state index in [4.69, 9.17) is 23.7 Å². The van der Waals surface area contributed by atoms with E-state index in [2.05, 4.69) is 6.92 Å². The Kier molecular flexibility index (Phi) is 13.0. The highest BCUT2D eigenvalue weighted by Crippen LogP contribution is 2.31. The number of ether oxygens (including phenoxy) is 5. The molecule has 0 bridgehead atoms. The van der Waals surface area contributed by atoms with Crippen LogP contribution in [0, 0.1) is 12.3 Å². The number of carbonyl (C=O) groups is 2. The van der Waals surface area contributed by atoms with Gasteiger partial charge in [0, 0.05) is 24.2 Å². The minimum Gasteiger partial charge on any atom is -0.494 e. The lowest BCUT2D eigenvalue weighted by atomic mass is 9.84. The largest absolute Gasteiger partial charge is 0.494 e. The second kappa shape index (κ2) is 17.8. The molecule has 0 saturated carbocycles. The van der Waals surface area contributed by atoms with Crippen LogP contribution in [-0.2, 0) is 28.9 Å². The van der Waals surface area contributed by atoms with Crippen LogP contribution in [0.1, 0.15) is 42.9 Å². The van der Waals surface area contributed by atoms with Crippen molar-refractivity contribution in [1.29, 1.82) is 0 Å². The molecule has 0 radical (unpaired) electrons. The number of sulfone groups is 1.